The largest absolute Gasteiger partial charge is 0.351 e. The van der Waals surface area contributed by atoms with E-state index >= 15 is 0 Å². The van der Waals surface area contributed by atoms with Crippen LogP contribution in [-0.2, 0) is 13.0 Å². The summed E-state index contributed by atoms with van der Waals surface area (Å²) in [5, 5.41) is 20.1. The van der Waals surface area contributed by atoms with Crippen LogP contribution < -0.4 is 4.90 Å². The van der Waals surface area contributed by atoms with Crippen LogP contribution in [0.25, 0.3) is 0 Å². The van der Waals surface area contributed by atoms with Gasteiger partial charge in [-0.2, -0.15) is 5.26 Å². The molecule has 1 atom stereocenters. The number of nitriles is 1. The number of aryl methyl sites for hydroxylation is 1. The first-order valence-corrected chi connectivity index (χ1v) is 7.16. The third-order valence-electron chi connectivity index (χ3n) is 4.01. The number of fused-ring (bicyclic) bond motifs is 1. The lowest BCUT2D eigenvalue weighted by Crippen LogP contribution is -2.37. The number of anilines is 1. The molecule has 1 aliphatic heterocycles. The molecular weight excluding hydrogens is 278 g/mol. The lowest BCUT2D eigenvalue weighted by molar-refractivity contribution is -0.384. The zero-order valence-corrected chi connectivity index (χ0v) is 12.0. The van der Waals surface area contributed by atoms with Crippen LogP contribution in [0, 0.1) is 21.4 Å². The number of nitrogens with zero attached hydrogens (tertiary/aromatic N) is 3. The predicted molar refractivity (Wildman–Crippen MR) is 83.4 cm³/mol. The lowest BCUT2D eigenvalue weighted by atomic mass is 9.96. The molecule has 22 heavy (non-hydrogen) atoms. The van der Waals surface area contributed by atoms with Gasteiger partial charge in [0.05, 0.1) is 11.0 Å². The second-order valence-electron chi connectivity index (χ2n) is 5.36. The molecule has 3 rings (SSSR count). The summed E-state index contributed by atoms with van der Waals surface area (Å²) in [6.45, 7) is 0.577. The van der Waals surface area contributed by atoms with Crippen LogP contribution in [0.5, 0.6) is 0 Å². The van der Waals surface area contributed by atoms with Gasteiger partial charge in [-0.05, 0) is 30.0 Å². The molecule has 5 nitrogen and oxygen atoms in total. The predicted octanol–water partition coefficient (Wildman–Crippen LogP) is 3.44. The fraction of sp³-hybridized carbons (Fsp3) is 0.235. The van der Waals surface area contributed by atoms with Crippen molar-refractivity contribution < 1.29 is 4.92 Å². The Kier molecular flexibility index (Phi) is 3.75. The molecule has 1 aliphatic rings. The number of para-hydroxylation sites is 1. The molecule has 0 unspecified atom stereocenters. The van der Waals surface area contributed by atoms with Gasteiger partial charge in [0.25, 0.3) is 5.69 Å². The van der Waals surface area contributed by atoms with Crippen molar-refractivity contribution in [1.29, 1.82) is 5.26 Å². The molecule has 0 spiro atoms. The molecule has 0 bridgehead atoms. The fourth-order valence-corrected chi connectivity index (χ4v) is 2.87. The molecule has 0 fully saturated rings. The molecule has 0 saturated carbocycles. The van der Waals surface area contributed by atoms with Crippen LogP contribution >= 0.6 is 0 Å². The minimum atomic E-state index is -0.405. The normalized spacial score (nSPS) is 16.7. The number of nitro groups is 1. The minimum Gasteiger partial charge on any atom is -0.351 e. The summed E-state index contributed by atoms with van der Waals surface area (Å²) in [7, 11) is 0. The standard InChI is InChI=1S/C17H15N3O2/c18-11-16-10-7-14-3-1-2-4-17(14)19(16)12-13-5-8-15(9-6-13)20(21)22/h1-6,8-9,16H,7,10,12H2/t16-/m1/s1. The Hall–Kier alpha value is -2.87. The Morgan fingerprint density at radius 1 is 1.23 bits per heavy atom. The molecular formula is C17H15N3O2. The summed E-state index contributed by atoms with van der Waals surface area (Å²) in [5.74, 6) is 0. The molecule has 0 aromatic heterocycles. The summed E-state index contributed by atoms with van der Waals surface area (Å²) in [6, 6.07) is 16.8. The Morgan fingerprint density at radius 3 is 2.64 bits per heavy atom. The van der Waals surface area contributed by atoms with Gasteiger partial charge < -0.3 is 4.90 Å². The third-order valence-corrected chi connectivity index (χ3v) is 4.01. The van der Waals surface area contributed by atoms with E-state index in [9.17, 15) is 15.4 Å². The summed E-state index contributed by atoms with van der Waals surface area (Å²) >= 11 is 0. The van der Waals surface area contributed by atoms with Crippen molar-refractivity contribution in [2.45, 2.75) is 25.4 Å². The highest BCUT2D eigenvalue weighted by atomic mass is 16.6. The average Bonchev–Trinajstić information content (AvgIpc) is 2.55. The van der Waals surface area contributed by atoms with Gasteiger partial charge in [-0.15, -0.1) is 0 Å². The molecule has 1 heterocycles. The number of nitro benzene ring substituents is 1. The van der Waals surface area contributed by atoms with Crippen molar-refractivity contribution in [3.63, 3.8) is 0 Å². The van der Waals surface area contributed by atoms with Gasteiger partial charge in [0.15, 0.2) is 0 Å². The first-order chi connectivity index (χ1) is 10.7. The van der Waals surface area contributed by atoms with Gasteiger partial charge in [0, 0.05) is 24.4 Å². The molecule has 0 radical (unpaired) electrons. The van der Waals surface area contributed by atoms with E-state index in [1.54, 1.807) is 12.1 Å². The van der Waals surface area contributed by atoms with Crippen molar-refractivity contribution in [3.05, 3.63) is 69.8 Å². The molecule has 0 amide bonds. The first kappa shape index (κ1) is 14.1. The maximum Gasteiger partial charge on any atom is 0.269 e. The highest BCUT2D eigenvalue weighted by Gasteiger charge is 2.25. The van der Waals surface area contributed by atoms with E-state index in [0.717, 1.165) is 24.1 Å². The Balaban J connectivity index is 1.89. The molecule has 2 aromatic rings. The third kappa shape index (κ3) is 2.63. The van der Waals surface area contributed by atoms with Crippen LogP contribution in [0.1, 0.15) is 17.5 Å². The Morgan fingerprint density at radius 2 is 1.95 bits per heavy atom. The summed E-state index contributed by atoms with van der Waals surface area (Å²) < 4.78 is 0. The zero-order valence-electron chi connectivity index (χ0n) is 12.0. The number of non-ortho nitro benzene ring substituents is 1. The number of hydrogen-bond acceptors (Lipinski definition) is 4. The second-order valence-corrected chi connectivity index (χ2v) is 5.36. The maximum atomic E-state index is 10.7. The van der Waals surface area contributed by atoms with E-state index in [1.807, 2.05) is 18.2 Å². The summed E-state index contributed by atoms with van der Waals surface area (Å²) in [6.07, 6.45) is 1.71. The quantitative estimate of drug-likeness (QED) is 0.642. The second kappa shape index (κ2) is 5.86. The van der Waals surface area contributed by atoms with Crippen molar-refractivity contribution in [2.24, 2.45) is 0 Å². The fourth-order valence-electron chi connectivity index (χ4n) is 2.87. The van der Waals surface area contributed by atoms with Crippen molar-refractivity contribution in [3.8, 4) is 6.07 Å². The summed E-state index contributed by atoms with van der Waals surface area (Å²) in [4.78, 5) is 12.4. The van der Waals surface area contributed by atoms with Gasteiger partial charge >= 0.3 is 0 Å². The van der Waals surface area contributed by atoms with E-state index in [4.69, 9.17) is 0 Å². The van der Waals surface area contributed by atoms with Crippen molar-refractivity contribution >= 4 is 11.4 Å². The zero-order chi connectivity index (χ0) is 15.5. The monoisotopic (exact) mass is 293 g/mol. The van der Waals surface area contributed by atoms with E-state index in [-0.39, 0.29) is 11.7 Å². The number of rotatable bonds is 3. The highest BCUT2D eigenvalue weighted by Crippen LogP contribution is 2.31. The van der Waals surface area contributed by atoms with Crippen LogP contribution in [0.3, 0.4) is 0 Å². The van der Waals surface area contributed by atoms with Gasteiger partial charge in [-0.25, -0.2) is 0 Å². The lowest BCUT2D eigenvalue weighted by Gasteiger charge is -2.35. The maximum absolute atomic E-state index is 10.7. The van der Waals surface area contributed by atoms with E-state index < -0.39 is 4.92 Å². The minimum absolute atomic E-state index is 0.0830. The molecule has 0 saturated heterocycles. The van der Waals surface area contributed by atoms with Gasteiger partial charge in [-0.3, -0.25) is 10.1 Å². The molecule has 5 heteroatoms. The SMILES string of the molecule is N#C[C@H]1CCc2ccccc2N1Cc1ccc([N+](=O)[O-])cc1. The van der Waals surface area contributed by atoms with Crippen LogP contribution in [0.2, 0.25) is 0 Å². The first-order valence-electron chi connectivity index (χ1n) is 7.16. The highest BCUT2D eigenvalue weighted by molar-refractivity contribution is 5.58. The van der Waals surface area contributed by atoms with E-state index in [1.165, 1.54) is 17.7 Å². The van der Waals surface area contributed by atoms with Gasteiger partial charge in [0.2, 0.25) is 0 Å². The van der Waals surface area contributed by atoms with E-state index in [0.29, 0.717) is 6.54 Å². The van der Waals surface area contributed by atoms with Crippen LogP contribution in [0.4, 0.5) is 11.4 Å². The van der Waals surface area contributed by atoms with Crippen molar-refractivity contribution in [2.75, 3.05) is 4.90 Å². The molecule has 0 N–H and O–H groups in total. The molecule has 2 aromatic carbocycles. The van der Waals surface area contributed by atoms with Crippen LogP contribution in [-0.4, -0.2) is 11.0 Å². The number of hydrogen-bond donors (Lipinski definition) is 0. The van der Waals surface area contributed by atoms with E-state index in [2.05, 4.69) is 17.0 Å². The van der Waals surface area contributed by atoms with Crippen molar-refractivity contribution in [1.82, 2.24) is 0 Å². The average molecular weight is 293 g/mol. The molecule has 0 aliphatic carbocycles. The van der Waals surface area contributed by atoms with Gasteiger partial charge in [0.1, 0.15) is 6.04 Å². The smallest absolute Gasteiger partial charge is 0.269 e. The van der Waals surface area contributed by atoms with Gasteiger partial charge in [-0.1, -0.05) is 30.3 Å². The Labute approximate surface area is 128 Å². The topological polar surface area (TPSA) is 70.2 Å². The summed E-state index contributed by atoms with van der Waals surface area (Å²) in [5.41, 5.74) is 3.37. The molecule has 110 valence electrons. The van der Waals surface area contributed by atoms with Crippen LogP contribution in [0.15, 0.2) is 48.5 Å². The Bertz CT molecular complexity index is 734. The number of benzene rings is 2.